The highest BCUT2D eigenvalue weighted by Gasteiger charge is 2.31. The number of rotatable bonds is 16. The summed E-state index contributed by atoms with van der Waals surface area (Å²) in [6.45, 7) is 7.26. The zero-order valence-electron chi connectivity index (χ0n) is 20.2. The van der Waals surface area contributed by atoms with Crippen molar-refractivity contribution in [3.8, 4) is 5.88 Å². The van der Waals surface area contributed by atoms with E-state index < -0.39 is 0 Å². The van der Waals surface area contributed by atoms with Crippen molar-refractivity contribution in [3.63, 3.8) is 0 Å². The van der Waals surface area contributed by atoms with Crippen molar-refractivity contribution >= 4 is 23.3 Å². The second-order valence-corrected chi connectivity index (χ2v) is 9.54. The number of nitrogens with zero attached hydrogens (tertiary/aromatic N) is 3. The molecular formula is C24H42ClN3O3S. The van der Waals surface area contributed by atoms with E-state index in [1.165, 1.54) is 56.7 Å². The third kappa shape index (κ3) is 10.6. The molecule has 0 bridgehead atoms. The minimum absolute atomic E-state index is 0. The molecule has 0 amide bonds. The summed E-state index contributed by atoms with van der Waals surface area (Å²) in [5.41, 5.74) is 2.01. The van der Waals surface area contributed by atoms with Gasteiger partial charge in [0.05, 0.1) is 31.9 Å². The molecule has 0 spiro atoms. The summed E-state index contributed by atoms with van der Waals surface area (Å²) < 4.78 is 21.1. The lowest BCUT2D eigenvalue weighted by Crippen LogP contribution is -3.00. The molecule has 184 valence electrons. The van der Waals surface area contributed by atoms with Crippen LogP contribution in [0.15, 0.2) is 6.08 Å². The number of carbonyl (C=O) groups excluding carboxylic acids is 1. The average molecular weight is 488 g/mol. The Hall–Kier alpha value is -1.18. The van der Waals surface area contributed by atoms with Crippen molar-refractivity contribution in [1.82, 2.24) is 8.75 Å². The quantitative estimate of drug-likeness (QED) is 0.204. The Kier molecular flexibility index (Phi) is 14.8. The molecule has 1 aromatic heterocycles. The Labute approximate surface area is 205 Å². The Morgan fingerprint density at radius 3 is 2.47 bits per heavy atom. The second kappa shape index (κ2) is 16.4. The minimum atomic E-state index is -0.0719. The van der Waals surface area contributed by atoms with E-state index in [4.69, 9.17) is 9.47 Å². The van der Waals surface area contributed by atoms with Crippen molar-refractivity contribution < 1.29 is 31.2 Å². The van der Waals surface area contributed by atoms with Crippen LogP contribution in [0.4, 0.5) is 0 Å². The largest absolute Gasteiger partial charge is 1.00 e. The zero-order valence-corrected chi connectivity index (χ0v) is 21.8. The maximum absolute atomic E-state index is 12.2. The third-order valence-corrected chi connectivity index (χ3v) is 6.39. The van der Waals surface area contributed by atoms with Crippen LogP contribution in [0, 0.1) is 0 Å². The monoisotopic (exact) mass is 487 g/mol. The average Bonchev–Trinajstić information content (AvgIpc) is 3.23. The first-order valence-corrected chi connectivity index (χ1v) is 12.9. The summed E-state index contributed by atoms with van der Waals surface area (Å²) in [7, 11) is 2.15. The third-order valence-electron chi connectivity index (χ3n) is 5.88. The molecule has 0 saturated heterocycles. The van der Waals surface area contributed by atoms with E-state index >= 15 is 0 Å². The molecule has 1 aliphatic rings. The number of ether oxygens (including phenoxy) is 2. The second-order valence-electron chi connectivity index (χ2n) is 9.01. The van der Waals surface area contributed by atoms with Gasteiger partial charge in [0.15, 0.2) is 0 Å². The fourth-order valence-corrected chi connectivity index (χ4v) is 4.44. The van der Waals surface area contributed by atoms with Gasteiger partial charge in [0.2, 0.25) is 6.73 Å². The number of esters is 1. The first-order chi connectivity index (χ1) is 15.1. The Morgan fingerprint density at radius 2 is 1.72 bits per heavy atom. The molecule has 0 aromatic carbocycles. The summed E-state index contributed by atoms with van der Waals surface area (Å²) in [5.74, 6) is 0.582. The van der Waals surface area contributed by atoms with E-state index in [1.807, 2.05) is 0 Å². The van der Waals surface area contributed by atoms with Crippen molar-refractivity contribution in [2.45, 2.75) is 90.9 Å². The predicted octanol–water partition coefficient (Wildman–Crippen LogP) is 2.99. The Bertz CT molecular complexity index is 683. The lowest BCUT2D eigenvalue weighted by atomic mass is 10.1. The van der Waals surface area contributed by atoms with Crippen molar-refractivity contribution in [2.24, 2.45) is 0 Å². The van der Waals surface area contributed by atoms with E-state index in [1.54, 1.807) is 0 Å². The molecule has 1 aromatic rings. The molecule has 1 unspecified atom stereocenters. The number of quaternary nitrogens is 1. The van der Waals surface area contributed by atoms with Crippen LogP contribution in [0.5, 0.6) is 5.88 Å². The van der Waals surface area contributed by atoms with Crippen molar-refractivity contribution in [3.05, 3.63) is 11.8 Å². The minimum Gasteiger partial charge on any atom is -1.00 e. The van der Waals surface area contributed by atoms with E-state index in [0.29, 0.717) is 30.1 Å². The molecule has 32 heavy (non-hydrogen) atoms. The van der Waals surface area contributed by atoms with Crippen LogP contribution < -0.4 is 17.1 Å². The Morgan fingerprint density at radius 1 is 1.03 bits per heavy atom. The fraction of sp³-hybridized carbons (Fsp3) is 0.792. The smallest absolute Gasteiger partial charge is 0.310 e. The topological polar surface area (TPSA) is 61.3 Å². The summed E-state index contributed by atoms with van der Waals surface area (Å²) in [6.07, 6.45) is 15.5. The number of carbonyl (C=O) groups is 1. The molecule has 8 heteroatoms. The summed E-state index contributed by atoms with van der Waals surface area (Å²) in [5, 5.41) is 0. The number of hydrogen-bond donors (Lipinski definition) is 0. The SMILES string of the molecule is CCCCCCCCC(=O)OC[N+]1(C)CCC=C(c2nsnc2OCCCCCC)C1.[Cl-]. The fourth-order valence-electron chi connectivity index (χ4n) is 3.91. The van der Waals surface area contributed by atoms with Crippen LogP contribution in [-0.2, 0) is 9.53 Å². The molecule has 0 radical (unpaired) electrons. The first-order valence-electron chi connectivity index (χ1n) is 12.2. The molecule has 6 nitrogen and oxygen atoms in total. The highest BCUT2D eigenvalue weighted by atomic mass is 35.5. The standard InChI is InChI=1S/C24H42N3O3S.ClH/c1-4-6-8-10-11-12-16-22(28)30-20-27(3)17-14-15-21(19-27)23-24(26-31-25-23)29-18-13-9-7-5-2;/h15H,4-14,16-20H2,1-3H3;1H/q+1;/p-1. The Balaban J connectivity index is 0.00000512. The van der Waals surface area contributed by atoms with Crippen LogP contribution in [-0.4, -0.2) is 52.7 Å². The van der Waals surface area contributed by atoms with Gasteiger partial charge in [-0.05, 0) is 12.8 Å². The van der Waals surface area contributed by atoms with Crippen LogP contribution in [0.3, 0.4) is 0 Å². The van der Waals surface area contributed by atoms with Crippen LogP contribution in [0.2, 0.25) is 0 Å². The number of hydrogen-bond acceptors (Lipinski definition) is 6. The van der Waals surface area contributed by atoms with Crippen LogP contribution in [0.1, 0.15) is 96.6 Å². The molecule has 0 N–H and O–H groups in total. The predicted molar refractivity (Wildman–Crippen MR) is 127 cm³/mol. The number of aromatic nitrogens is 2. The van der Waals surface area contributed by atoms with Crippen LogP contribution >= 0.6 is 11.7 Å². The normalized spacial score (nSPS) is 18.0. The molecule has 0 fully saturated rings. The van der Waals surface area contributed by atoms with Gasteiger partial charge >= 0.3 is 5.97 Å². The highest BCUT2D eigenvalue weighted by Crippen LogP contribution is 2.30. The van der Waals surface area contributed by atoms with E-state index in [0.717, 1.165) is 50.0 Å². The molecule has 2 heterocycles. The summed E-state index contributed by atoms with van der Waals surface area (Å²) >= 11 is 1.20. The first kappa shape index (κ1) is 28.9. The molecule has 1 aliphatic heterocycles. The lowest BCUT2D eigenvalue weighted by Gasteiger charge is -2.36. The van der Waals surface area contributed by atoms with Gasteiger partial charge in [-0.15, -0.1) is 4.37 Å². The molecule has 1 atom stereocenters. The van der Waals surface area contributed by atoms with Crippen molar-refractivity contribution in [2.75, 3.05) is 33.5 Å². The highest BCUT2D eigenvalue weighted by molar-refractivity contribution is 6.99. The molecular weight excluding hydrogens is 446 g/mol. The van der Waals surface area contributed by atoms with Gasteiger partial charge in [0, 0.05) is 18.4 Å². The van der Waals surface area contributed by atoms with Gasteiger partial charge in [-0.3, -0.25) is 9.28 Å². The number of halogens is 1. The van der Waals surface area contributed by atoms with E-state index in [2.05, 4.69) is 35.7 Å². The maximum atomic E-state index is 12.2. The van der Waals surface area contributed by atoms with E-state index in [9.17, 15) is 4.79 Å². The number of likely N-dealkylation sites (N-methyl/N-ethyl adjacent to an activating group) is 1. The van der Waals surface area contributed by atoms with E-state index in [-0.39, 0.29) is 18.4 Å². The molecule has 0 aliphatic carbocycles. The van der Waals surface area contributed by atoms with Gasteiger partial charge in [0.25, 0.3) is 5.88 Å². The number of unbranched alkanes of at least 4 members (excludes halogenated alkanes) is 8. The summed E-state index contributed by atoms with van der Waals surface area (Å²) in [6, 6.07) is 0. The van der Waals surface area contributed by atoms with Gasteiger partial charge in [-0.25, -0.2) is 0 Å². The molecule has 2 rings (SSSR count). The van der Waals surface area contributed by atoms with Gasteiger partial charge < -0.3 is 21.9 Å². The molecule has 0 saturated carbocycles. The zero-order chi connectivity index (χ0) is 22.4. The van der Waals surface area contributed by atoms with Crippen LogP contribution in [0.25, 0.3) is 5.57 Å². The lowest BCUT2D eigenvalue weighted by molar-refractivity contribution is -0.919. The van der Waals surface area contributed by atoms with Gasteiger partial charge in [0.1, 0.15) is 12.2 Å². The van der Waals surface area contributed by atoms with Crippen molar-refractivity contribution in [1.29, 1.82) is 0 Å². The van der Waals surface area contributed by atoms with Gasteiger partial charge in [-0.2, -0.15) is 4.37 Å². The maximum Gasteiger partial charge on any atom is 0.310 e. The van der Waals surface area contributed by atoms with Gasteiger partial charge in [-0.1, -0.05) is 71.3 Å². The summed E-state index contributed by atoms with van der Waals surface area (Å²) in [4.78, 5) is 12.2.